The van der Waals surface area contributed by atoms with Gasteiger partial charge in [-0.05, 0) is 18.8 Å². The van der Waals surface area contributed by atoms with E-state index in [4.69, 9.17) is 5.11 Å². The number of carboxylic acids is 2. The van der Waals surface area contributed by atoms with E-state index < -0.39 is 24.0 Å². The quantitative estimate of drug-likeness (QED) is 0.729. The second kappa shape index (κ2) is 11.4. The van der Waals surface area contributed by atoms with Crippen molar-refractivity contribution in [2.75, 3.05) is 0 Å². The molecule has 1 aliphatic carbocycles. The molecular formula is C18H32O5. The van der Waals surface area contributed by atoms with Gasteiger partial charge >= 0.3 is 11.9 Å². The van der Waals surface area contributed by atoms with Gasteiger partial charge in [0.15, 0.2) is 6.10 Å². The third-order valence-electron chi connectivity index (χ3n) is 5.04. The predicted octanol–water partition coefficient (Wildman–Crippen LogP) is 3.83. The van der Waals surface area contributed by atoms with Crippen LogP contribution in [-0.4, -0.2) is 33.4 Å². The Bertz CT molecular complexity index is 341. The zero-order valence-corrected chi connectivity index (χ0v) is 14.1. The smallest absolute Gasteiger partial charge is 0.333 e. The topological polar surface area (TPSA) is 94.8 Å². The summed E-state index contributed by atoms with van der Waals surface area (Å²) in [7, 11) is 0. The number of aliphatic hydroxyl groups excluding tert-OH is 1. The number of carbonyl (C=O) groups is 2. The van der Waals surface area contributed by atoms with Crippen molar-refractivity contribution in [2.24, 2.45) is 11.8 Å². The summed E-state index contributed by atoms with van der Waals surface area (Å²) in [6.07, 6.45) is 12.2. The minimum Gasteiger partial charge on any atom is -0.481 e. The molecule has 2 atom stereocenters. The highest BCUT2D eigenvalue weighted by Crippen LogP contribution is 2.29. The number of hydrogen-bond acceptors (Lipinski definition) is 3. The van der Waals surface area contributed by atoms with Gasteiger partial charge in [-0.25, -0.2) is 4.79 Å². The van der Waals surface area contributed by atoms with Crippen LogP contribution in [0, 0.1) is 11.8 Å². The van der Waals surface area contributed by atoms with Crippen molar-refractivity contribution in [1.82, 2.24) is 0 Å². The molecule has 5 nitrogen and oxygen atoms in total. The molecule has 0 heterocycles. The molecule has 1 fully saturated rings. The van der Waals surface area contributed by atoms with E-state index in [1.54, 1.807) is 0 Å². The van der Waals surface area contributed by atoms with Gasteiger partial charge in [0.1, 0.15) is 0 Å². The van der Waals surface area contributed by atoms with Crippen LogP contribution in [0.15, 0.2) is 0 Å². The second-order valence-electron chi connectivity index (χ2n) is 6.87. The fraction of sp³-hybridized carbons (Fsp3) is 0.889. The van der Waals surface area contributed by atoms with Crippen LogP contribution < -0.4 is 0 Å². The van der Waals surface area contributed by atoms with E-state index in [9.17, 15) is 19.8 Å². The number of aliphatic carboxylic acids is 2. The first-order chi connectivity index (χ1) is 11.0. The zero-order valence-electron chi connectivity index (χ0n) is 14.1. The van der Waals surface area contributed by atoms with Gasteiger partial charge in [-0.2, -0.15) is 0 Å². The van der Waals surface area contributed by atoms with Gasteiger partial charge in [0.05, 0.1) is 5.92 Å². The highest BCUT2D eigenvalue weighted by atomic mass is 16.4. The molecule has 0 aliphatic heterocycles. The van der Waals surface area contributed by atoms with E-state index in [2.05, 4.69) is 0 Å². The molecule has 0 aromatic carbocycles. The molecule has 1 saturated carbocycles. The fourth-order valence-electron chi connectivity index (χ4n) is 3.66. The lowest BCUT2D eigenvalue weighted by Gasteiger charge is -2.26. The molecule has 0 spiro atoms. The van der Waals surface area contributed by atoms with E-state index in [0.717, 1.165) is 38.5 Å². The largest absolute Gasteiger partial charge is 0.481 e. The van der Waals surface area contributed by atoms with Crippen molar-refractivity contribution in [3.05, 3.63) is 0 Å². The van der Waals surface area contributed by atoms with Crippen molar-refractivity contribution in [3.8, 4) is 0 Å². The first-order valence-corrected chi connectivity index (χ1v) is 9.17. The molecule has 3 N–H and O–H groups in total. The number of hydrogen-bond donors (Lipinski definition) is 3. The Labute approximate surface area is 139 Å². The lowest BCUT2D eigenvalue weighted by molar-refractivity contribution is -0.162. The molecule has 0 amide bonds. The van der Waals surface area contributed by atoms with Crippen LogP contribution in [0.4, 0.5) is 0 Å². The fourth-order valence-corrected chi connectivity index (χ4v) is 3.66. The maximum absolute atomic E-state index is 11.5. The first-order valence-electron chi connectivity index (χ1n) is 9.17. The Morgan fingerprint density at radius 3 is 1.30 bits per heavy atom. The summed E-state index contributed by atoms with van der Waals surface area (Å²) in [5.74, 6) is -4.07. The van der Waals surface area contributed by atoms with E-state index in [1.165, 1.54) is 32.1 Å². The SMILES string of the molecule is O=C(O)C(O)C(C(=O)O)C1CCCCCCCCCCCCC1. The van der Waals surface area contributed by atoms with Crippen LogP contribution >= 0.6 is 0 Å². The summed E-state index contributed by atoms with van der Waals surface area (Å²) in [6, 6.07) is 0. The van der Waals surface area contributed by atoms with Gasteiger partial charge < -0.3 is 15.3 Å². The first kappa shape index (κ1) is 19.9. The maximum atomic E-state index is 11.5. The van der Waals surface area contributed by atoms with Gasteiger partial charge in [-0.15, -0.1) is 0 Å². The van der Waals surface area contributed by atoms with Crippen molar-refractivity contribution >= 4 is 11.9 Å². The minimum atomic E-state index is -1.81. The second-order valence-corrected chi connectivity index (χ2v) is 6.87. The highest BCUT2D eigenvalue weighted by molar-refractivity contribution is 5.81. The molecule has 23 heavy (non-hydrogen) atoms. The molecule has 134 valence electrons. The Kier molecular flexibility index (Phi) is 9.92. The van der Waals surface area contributed by atoms with Gasteiger partial charge in [0.2, 0.25) is 0 Å². The van der Waals surface area contributed by atoms with Crippen molar-refractivity contribution in [2.45, 2.75) is 89.6 Å². The monoisotopic (exact) mass is 328 g/mol. The van der Waals surface area contributed by atoms with Gasteiger partial charge in [0.25, 0.3) is 0 Å². The summed E-state index contributed by atoms with van der Waals surface area (Å²) in [6.45, 7) is 0. The summed E-state index contributed by atoms with van der Waals surface area (Å²) in [5, 5.41) is 28.2. The standard InChI is InChI=1S/C18H32O5/c19-16(18(22)23)15(17(20)21)14-12-10-8-6-4-2-1-3-5-7-9-11-13-14/h14-16,19H,1-13H2,(H,20,21)(H,22,23). The number of rotatable bonds is 4. The van der Waals surface area contributed by atoms with Crippen LogP contribution in [0.2, 0.25) is 0 Å². The van der Waals surface area contributed by atoms with Crippen LogP contribution in [0.3, 0.4) is 0 Å². The molecule has 1 aliphatic rings. The maximum Gasteiger partial charge on any atom is 0.333 e. The Morgan fingerprint density at radius 1 is 0.652 bits per heavy atom. The minimum absolute atomic E-state index is 0.249. The van der Waals surface area contributed by atoms with Crippen LogP contribution in [-0.2, 0) is 9.59 Å². The molecule has 0 radical (unpaired) electrons. The Morgan fingerprint density at radius 2 is 1.00 bits per heavy atom. The van der Waals surface area contributed by atoms with Crippen LogP contribution in [0.1, 0.15) is 83.5 Å². The lowest BCUT2D eigenvalue weighted by Crippen LogP contribution is -2.39. The summed E-state index contributed by atoms with van der Waals surface area (Å²) in [4.78, 5) is 22.5. The third kappa shape index (κ3) is 7.82. The van der Waals surface area contributed by atoms with Crippen LogP contribution in [0.25, 0.3) is 0 Å². The highest BCUT2D eigenvalue weighted by Gasteiger charge is 2.37. The summed E-state index contributed by atoms with van der Waals surface area (Å²) < 4.78 is 0. The summed E-state index contributed by atoms with van der Waals surface area (Å²) >= 11 is 0. The molecule has 0 saturated heterocycles. The number of carboxylic acid groups (broad SMARTS) is 2. The van der Waals surface area contributed by atoms with Crippen molar-refractivity contribution in [1.29, 1.82) is 0 Å². The van der Waals surface area contributed by atoms with Crippen molar-refractivity contribution in [3.63, 3.8) is 0 Å². The average molecular weight is 328 g/mol. The van der Waals surface area contributed by atoms with E-state index in [-0.39, 0.29) is 5.92 Å². The van der Waals surface area contributed by atoms with Crippen LogP contribution in [0.5, 0.6) is 0 Å². The van der Waals surface area contributed by atoms with Gasteiger partial charge in [0, 0.05) is 0 Å². The predicted molar refractivity (Wildman–Crippen MR) is 88.3 cm³/mol. The zero-order chi connectivity index (χ0) is 17.1. The molecule has 5 heteroatoms. The molecule has 0 aromatic heterocycles. The van der Waals surface area contributed by atoms with Gasteiger partial charge in [-0.1, -0.05) is 70.6 Å². The van der Waals surface area contributed by atoms with E-state index in [1.807, 2.05) is 0 Å². The Hall–Kier alpha value is -1.10. The van der Waals surface area contributed by atoms with Crippen molar-refractivity contribution < 1.29 is 24.9 Å². The lowest BCUT2D eigenvalue weighted by atomic mass is 9.80. The van der Waals surface area contributed by atoms with E-state index in [0.29, 0.717) is 12.8 Å². The normalized spacial score (nSPS) is 22.7. The van der Waals surface area contributed by atoms with E-state index >= 15 is 0 Å². The molecule has 0 aromatic rings. The van der Waals surface area contributed by atoms with Gasteiger partial charge in [-0.3, -0.25) is 4.79 Å². The molecule has 2 unspecified atom stereocenters. The number of aliphatic hydroxyl groups is 1. The molecule has 0 bridgehead atoms. The molecule has 1 rings (SSSR count). The average Bonchev–Trinajstić information content (AvgIpc) is 2.50. The molecular weight excluding hydrogens is 296 g/mol. The summed E-state index contributed by atoms with van der Waals surface area (Å²) in [5.41, 5.74) is 0. The Balaban J connectivity index is 2.67. The third-order valence-corrected chi connectivity index (χ3v) is 5.04.